The van der Waals surface area contributed by atoms with Gasteiger partial charge < -0.3 is 14.8 Å². The van der Waals surface area contributed by atoms with Crippen LogP contribution in [0, 0.1) is 0 Å². The summed E-state index contributed by atoms with van der Waals surface area (Å²) in [5, 5.41) is 2.86. The number of hydrogen-bond donors (Lipinski definition) is 1. The maximum Gasteiger partial charge on any atom is 0.244 e. The van der Waals surface area contributed by atoms with E-state index in [9.17, 15) is 4.79 Å². The van der Waals surface area contributed by atoms with Crippen molar-refractivity contribution in [2.24, 2.45) is 0 Å². The van der Waals surface area contributed by atoms with Crippen molar-refractivity contribution in [2.45, 2.75) is 32.3 Å². The Morgan fingerprint density at radius 1 is 1.43 bits per heavy atom. The van der Waals surface area contributed by atoms with Crippen molar-refractivity contribution in [3.63, 3.8) is 0 Å². The molecule has 0 spiro atoms. The second-order valence-electron chi connectivity index (χ2n) is 5.13. The van der Waals surface area contributed by atoms with Gasteiger partial charge in [-0.2, -0.15) is 0 Å². The highest BCUT2D eigenvalue weighted by Crippen LogP contribution is 2.13. The fourth-order valence-electron chi connectivity index (χ4n) is 2.15. The normalized spacial score (nSPS) is 18.0. The van der Waals surface area contributed by atoms with E-state index < -0.39 is 0 Å². The average molecular weight is 289 g/mol. The van der Waals surface area contributed by atoms with E-state index in [-0.39, 0.29) is 12.0 Å². The van der Waals surface area contributed by atoms with Gasteiger partial charge in [0.05, 0.1) is 12.7 Å². The molecule has 1 heterocycles. The molecule has 1 N–H and O–H groups in total. The second kappa shape index (κ2) is 8.47. The highest BCUT2D eigenvalue weighted by molar-refractivity contribution is 5.91. The lowest BCUT2D eigenvalue weighted by atomic mass is 10.2. The first kappa shape index (κ1) is 15.6. The first-order valence-electron chi connectivity index (χ1n) is 7.58. The zero-order valence-corrected chi connectivity index (χ0v) is 12.5. The van der Waals surface area contributed by atoms with Crippen LogP contribution in [0.5, 0.6) is 5.75 Å². The number of carbonyl (C=O) groups excluding carboxylic acids is 1. The lowest BCUT2D eigenvalue weighted by Gasteiger charge is -2.08. The summed E-state index contributed by atoms with van der Waals surface area (Å²) in [6.07, 6.45) is 6.64. The topological polar surface area (TPSA) is 47.6 Å². The van der Waals surface area contributed by atoms with Crippen molar-refractivity contribution in [3.05, 3.63) is 35.9 Å². The predicted octanol–water partition coefficient (Wildman–Crippen LogP) is 2.78. The minimum atomic E-state index is -0.0863. The quantitative estimate of drug-likeness (QED) is 0.785. The number of amides is 1. The van der Waals surface area contributed by atoms with Gasteiger partial charge in [0.25, 0.3) is 0 Å². The first-order chi connectivity index (χ1) is 10.3. The van der Waals surface area contributed by atoms with Crippen molar-refractivity contribution < 1.29 is 14.3 Å². The van der Waals surface area contributed by atoms with Gasteiger partial charge in [-0.15, -0.1) is 0 Å². The summed E-state index contributed by atoms with van der Waals surface area (Å²) in [6, 6.07) is 7.71. The summed E-state index contributed by atoms with van der Waals surface area (Å²) in [7, 11) is 0. The molecule has 0 radical (unpaired) electrons. The molecule has 0 bridgehead atoms. The fourth-order valence-corrected chi connectivity index (χ4v) is 2.15. The van der Waals surface area contributed by atoms with Crippen LogP contribution in [0.15, 0.2) is 30.3 Å². The molecule has 1 saturated heterocycles. The Morgan fingerprint density at radius 2 is 2.24 bits per heavy atom. The number of nitrogens with one attached hydrogen (secondary N) is 1. The van der Waals surface area contributed by atoms with Crippen molar-refractivity contribution in [2.75, 3.05) is 19.8 Å². The van der Waals surface area contributed by atoms with Crippen molar-refractivity contribution in [1.29, 1.82) is 0 Å². The Hall–Kier alpha value is -1.81. The molecule has 1 aliphatic rings. The highest BCUT2D eigenvalue weighted by Gasteiger charge is 2.15. The second-order valence-corrected chi connectivity index (χ2v) is 5.13. The Kier molecular flexibility index (Phi) is 6.28. The third-order valence-electron chi connectivity index (χ3n) is 3.31. The molecule has 1 atom stereocenters. The standard InChI is InChI=1S/C17H23NO3/c1-2-11-20-15-8-5-14(6-9-15)7-10-17(19)18-13-16-4-3-12-21-16/h5-10,16H,2-4,11-13H2,1H3,(H,18,19). The summed E-state index contributed by atoms with van der Waals surface area (Å²) in [5.41, 5.74) is 0.978. The van der Waals surface area contributed by atoms with Crippen LogP contribution >= 0.6 is 0 Å². The van der Waals surface area contributed by atoms with Crippen LogP contribution in [0.3, 0.4) is 0 Å². The molecule has 1 unspecified atom stereocenters. The van der Waals surface area contributed by atoms with Crippen LogP contribution in [-0.4, -0.2) is 31.8 Å². The van der Waals surface area contributed by atoms with E-state index in [1.54, 1.807) is 12.2 Å². The van der Waals surface area contributed by atoms with Gasteiger partial charge in [-0.25, -0.2) is 0 Å². The Labute approximate surface area is 126 Å². The molecule has 114 valence electrons. The summed E-state index contributed by atoms with van der Waals surface area (Å²) < 4.78 is 11.0. The summed E-state index contributed by atoms with van der Waals surface area (Å²) in [6.45, 7) is 4.20. The third kappa shape index (κ3) is 5.60. The van der Waals surface area contributed by atoms with Crippen LogP contribution in [0.2, 0.25) is 0 Å². The SMILES string of the molecule is CCCOc1ccc(C=CC(=O)NCC2CCCO2)cc1. The maximum absolute atomic E-state index is 11.7. The predicted molar refractivity (Wildman–Crippen MR) is 83.2 cm³/mol. The van der Waals surface area contributed by atoms with Crippen LogP contribution in [0.1, 0.15) is 31.7 Å². The molecule has 1 aliphatic heterocycles. The molecule has 4 heteroatoms. The summed E-state index contributed by atoms with van der Waals surface area (Å²) in [5.74, 6) is 0.772. The molecule has 4 nitrogen and oxygen atoms in total. The molecule has 21 heavy (non-hydrogen) atoms. The van der Waals surface area contributed by atoms with Gasteiger partial charge in [0.1, 0.15) is 5.75 Å². The molecule has 0 aliphatic carbocycles. The molecule has 1 aromatic carbocycles. The van der Waals surface area contributed by atoms with Crippen molar-refractivity contribution in [3.8, 4) is 5.75 Å². The smallest absolute Gasteiger partial charge is 0.244 e. The third-order valence-corrected chi connectivity index (χ3v) is 3.31. The van der Waals surface area contributed by atoms with E-state index in [0.717, 1.165) is 43.8 Å². The molecule has 1 fully saturated rings. The number of rotatable bonds is 7. The summed E-state index contributed by atoms with van der Waals surface area (Å²) >= 11 is 0. The van der Waals surface area contributed by atoms with Crippen molar-refractivity contribution in [1.82, 2.24) is 5.32 Å². The lowest BCUT2D eigenvalue weighted by molar-refractivity contribution is -0.116. The molecule has 0 aromatic heterocycles. The molecule has 1 amide bonds. The molecule has 2 rings (SSSR count). The van der Waals surface area contributed by atoms with E-state index in [1.807, 2.05) is 24.3 Å². The minimum absolute atomic E-state index is 0.0863. The fraction of sp³-hybridized carbons (Fsp3) is 0.471. The lowest BCUT2D eigenvalue weighted by Crippen LogP contribution is -2.30. The van der Waals surface area contributed by atoms with E-state index >= 15 is 0 Å². The van der Waals surface area contributed by atoms with E-state index in [1.165, 1.54) is 0 Å². The Bertz CT molecular complexity index is 461. The number of carbonyl (C=O) groups is 1. The number of ether oxygens (including phenoxy) is 2. The van der Waals surface area contributed by atoms with Gasteiger partial charge in [-0.1, -0.05) is 19.1 Å². The number of benzene rings is 1. The van der Waals surface area contributed by atoms with E-state index in [2.05, 4.69) is 12.2 Å². The number of hydrogen-bond acceptors (Lipinski definition) is 3. The molecular weight excluding hydrogens is 266 g/mol. The zero-order valence-electron chi connectivity index (χ0n) is 12.5. The van der Waals surface area contributed by atoms with Gasteiger partial charge in [-0.05, 0) is 43.0 Å². The summed E-state index contributed by atoms with van der Waals surface area (Å²) in [4.78, 5) is 11.7. The van der Waals surface area contributed by atoms with Crippen LogP contribution in [-0.2, 0) is 9.53 Å². The highest BCUT2D eigenvalue weighted by atomic mass is 16.5. The molecule has 0 saturated carbocycles. The molecule has 1 aromatic rings. The van der Waals surface area contributed by atoms with E-state index in [4.69, 9.17) is 9.47 Å². The average Bonchev–Trinajstić information content (AvgIpc) is 3.03. The van der Waals surface area contributed by atoms with Gasteiger partial charge in [0.15, 0.2) is 0 Å². The minimum Gasteiger partial charge on any atom is -0.494 e. The van der Waals surface area contributed by atoms with Gasteiger partial charge in [0, 0.05) is 19.2 Å². The molecular formula is C17H23NO3. The van der Waals surface area contributed by atoms with Gasteiger partial charge in [0.2, 0.25) is 5.91 Å². The van der Waals surface area contributed by atoms with Crippen molar-refractivity contribution >= 4 is 12.0 Å². The van der Waals surface area contributed by atoms with Crippen LogP contribution < -0.4 is 10.1 Å². The van der Waals surface area contributed by atoms with Crippen LogP contribution in [0.4, 0.5) is 0 Å². The monoisotopic (exact) mass is 289 g/mol. The largest absolute Gasteiger partial charge is 0.494 e. The van der Waals surface area contributed by atoms with Gasteiger partial charge in [-0.3, -0.25) is 4.79 Å². The van der Waals surface area contributed by atoms with E-state index in [0.29, 0.717) is 6.54 Å². The zero-order chi connectivity index (χ0) is 14.9. The first-order valence-corrected chi connectivity index (χ1v) is 7.58. The Balaban J connectivity index is 1.75. The van der Waals surface area contributed by atoms with Gasteiger partial charge >= 0.3 is 0 Å². The Morgan fingerprint density at radius 3 is 2.90 bits per heavy atom. The maximum atomic E-state index is 11.7. The van der Waals surface area contributed by atoms with Crippen LogP contribution in [0.25, 0.3) is 6.08 Å².